The number of aromatic nitrogens is 3. The highest BCUT2D eigenvalue weighted by Gasteiger charge is 2.14. The Morgan fingerprint density at radius 2 is 1.88 bits per heavy atom. The monoisotopic (exact) mass is 372 g/mol. The SMILES string of the molecule is CCn1nnc2cc(C(=O)N[C@@H](C)c3ccc(S(C)(=O)=O)cc3)ccc21. The predicted octanol–water partition coefficient (Wildman–Crippen LogP) is 2.35. The standard InChI is InChI=1S/C18H20N4O3S/c1-4-22-17-10-7-14(11-16(17)20-21-22)18(23)19-12(2)13-5-8-15(9-6-13)26(3,24)25/h5-12H,4H2,1-3H3,(H,19,23)/t12-/m0/s1. The van der Waals surface area contributed by atoms with Gasteiger partial charge in [-0.3, -0.25) is 4.79 Å². The topological polar surface area (TPSA) is 93.9 Å². The summed E-state index contributed by atoms with van der Waals surface area (Å²) < 4.78 is 24.8. The van der Waals surface area contributed by atoms with E-state index in [1.165, 1.54) is 0 Å². The molecule has 0 unspecified atom stereocenters. The van der Waals surface area contributed by atoms with Crippen molar-refractivity contribution in [3.8, 4) is 0 Å². The third-order valence-electron chi connectivity index (χ3n) is 4.23. The van der Waals surface area contributed by atoms with E-state index >= 15 is 0 Å². The van der Waals surface area contributed by atoms with Gasteiger partial charge in [0.05, 0.1) is 16.5 Å². The quantitative estimate of drug-likeness (QED) is 0.742. The van der Waals surface area contributed by atoms with Gasteiger partial charge in [-0.15, -0.1) is 5.10 Å². The molecule has 0 aliphatic rings. The molecule has 1 heterocycles. The minimum Gasteiger partial charge on any atom is -0.346 e. The van der Waals surface area contributed by atoms with E-state index in [9.17, 15) is 13.2 Å². The van der Waals surface area contributed by atoms with Gasteiger partial charge in [0.15, 0.2) is 9.84 Å². The van der Waals surface area contributed by atoms with E-state index in [-0.39, 0.29) is 16.8 Å². The molecule has 1 atom stereocenters. The molecule has 136 valence electrons. The highest BCUT2D eigenvalue weighted by atomic mass is 32.2. The van der Waals surface area contributed by atoms with E-state index in [2.05, 4.69) is 15.6 Å². The van der Waals surface area contributed by atoms with Crippen molar-refractivity contribution in [2.75, 3.05) is 6.26 Å². The van der Waals surface area contributed by atoms with Gasteiger partial charge >= 0.3 is 0 Å². The smallest absolute Gasteiger partial charge is 0.251 e. The minimum atomic E-state index is -3.23. The highest BCUT2D eigenvalue weighted by molar-refractivity contribution is 7.90. The Morgan fingerprint density at radius 3 is 2.50 bits per heavy atom. The number of carbonyl (C=O) groups excluding carboxylic acids is 1. The Balaban J connectivity index is 1.76. The average molecular weight is 372 g/mol. The first-order valence-electron chi connectivity index (χ1n) is 8.23. The average Bonchev–Trinajstić information content (AvgIpc) is 3.03. The maximum absolute atomic E-state index is 12.5. The molecule has 2 aromatic carbocycles. The number of nitrogens with one attached hydrogen (secondary N) is 1. The zero-order valence-electron chi connectivity index (χ0n) is 14.8. The van der Waals surface area contributed by atoms with Crippen LogP contribution in [-0.2, 0) is 16.4 Å². The van der Waals surface area contributed by atoms with Crippen LogP contribution in [0.25, 0.3) is 11.0 Å². The Hall–Kier alpha value is -2.74. The van der Waals surface area contributed by atoms with Crippen molar-refractivity contribution in [1.29, 1.82) is 0 Å². The molecule has 0 fully saturated rings. The van der Waals surface area contributed by atoms with E-state index in [0.29, 0.717) is 17.6 Å². The van der Waals surface area contributed by atoms with E-state index in [1.54, 1.807) is 41.1 Å². The molecule has 7 nitrogen and oxygen atoms in total. The minimum absolute atomic E-state index is 0.224. The summed E-state index contributed by atoms with van der Waals surface area (Å²) in [5.41, 5.74) is 2.88. The van der Waals surface area contributed by atoms with Crippen molar-refractivity contribution in [2.24, 2.45) is 0 Å². The number of benzene rings is 2. The van der Waals surface area contributed by atoms with Crippen LogP contribution in [0.15, 0.2) is 47.4 Å². The zero-order valence-corrected chi connectivity index (χ0v) is 15.6. The summed E-state index contributed by atoms with van der Waals surface area (Å²) in [6.45, 7) is 4.53. The number of rotatable bonds is 5. The predicted molar refractivity (Wildman–Crippen MR) is 98.6 cm³/mol. The van der Waals surface area contributed by atoms with Crippen molar-refractivity contribution in [3.05, 3.63) is 53.6 Å². The van der Waals surface area contributed by atoms with Crippen LogP contribution in [0, 0.1) is 0 Å². The lowest BCUT2D eigenvalue weighted by atomic mass is 10.1. The van der Waals surface area contributed by atoms with Gasteiger partial charge in [-0.25, -0.2) is 13.1 Å². The number of nitrogens with zero attached hydrogens (tertiary/aromatic N) is 3. The fourth-order valence-corrected chi connectivity index (χ4v) is 3.34. The molecule has 0 aliphatic carbocycles. The largest absolute Gasteiger partial charge is 0.346 e. The molecular formula is C18H20N4O3S. The summed E-state index contributed by atoms with van der Waals surface area (Å²) >= 11 is 0. The van der Waals surface area contributed by atoms with Crippen LogP contribution in [0.5, 0.6) is 0 Å². The van der Waals surface area contributed by atoms with Crippen molar-refractivity contribution < 1.29 is 13.2 Å². The number of amides is 1. The van der Waals surface area contributed by atoms with Crippen LogP contribution in [0.1, 0.15) is 35.8 Å². The molecule has 1 amide bonds. The molecule has 0 bridgehead atoms. The first-order valence-corrected chi connectivity index (χ1v) is 10.1. The van der Waals surface area contributed by atoms with Gasteiger partial charge < -0.3 is 5.32 Å². The number of hydrogen-bond donors (Lipinski definition) is 1. The number of carbonyl (C=O) groups is 1. The molecule has 0 spiro atoms. The van der Waals surface area contributed by atoms with Gasteiger partial charge in [0.2, 0.25) is 0 Å². The Kier molecular flexibility index (Phi) is 4.78. The molecule has 3 aromatic rings. The zero-order chi connectivity index (χ0) is 18.9. The van der Waals surface area contributed by atoms with Crippen molar-refractivity contribution in [3.63, 3.8) is 0 Å². The van der Waals surface area contributed by atoms with Gasteiger partial charge in [0.1, 0.15) is 5.52 Å². The fraction of sp³-hybridized carbons (Fsp3) is 0.278. The lowest BCUT2D eigenvalue weighted by Crippen LogP contribution is -2.26. The van der Waals surface area contributed by atoms with Crippen molar-refractivity contribution >= 4 is 26.8 Å². The van der Waals surface area contributed by atoms with Gasteiger partial charge in [0.25, 0.3) is 5.91 Å². The molecule has 0 radical (unpaired) electrons. The number of hydrogen-bond acceptors (Lipinski definition) is 5. The molecule has 0 saturated carbocycles. The van der Waals surface area contributed by atoms with Crippen LogP contribution in [-0.4, -0.2) is 35.6 Å². The Bertz CT molecular complexity index is 1060. The van der Waals surface area contributed by atoms with Gasteiger partial charge in [-0.1, -0.05) is 17.3 Å². The summed E-state index contributed by atoms with van der Waals surface area (Å²) in [7, 11) is -3.23. The van der Waals surface area contributed by atoms with Gasteiger partial charge in [-0.05, 0) is 49.7 Å². The molecule has 1 N–H and O–H groups in total. The fourth-order valence-electron chi connectivity index (χ4n) is 2.71. The Morgan fingerprint density at radius 1 is 1.19 bits per heavy atom. The van der Waals surface area contributed by atoms with Gasteiger partial charge in [-0.2, -0.15) is 0 Å². The van der Waals surface area contributed by atoms with E-state index < -0.39 is 9.84 Å². The summed E-state index contributed by atoms with van der Waals surface area (Å²) in [6, 6.07) is 11.5. The summed E-state index contributed by atoms with van der Waals surface area (Å²) in [5, 5.41) is 11.0. The van der Waals surface area contributed by atoms with Crippen molar-refractivity contribution in [2.45, 2.75) is 31.3 Å². The van der Waals surface area contributed by atoms with Crippen LogP contribution >= 0.6 is 0 Å². The van der Waals surface area contributed by atoms with Crippen LogP contribution in [0.3, 0.4) is 0 Å². The molecule has 8 heteroatoms. The second-order valence-corrected chi connectivity index (χ2v) is 8.16. The van der Waals surface area contributed by atoms with Gasteiger partial charge in [0, 0.05) is 18.4 Å². The molecule has 26 heavy (non-hydrogen) atoms. The second kappa shape index (κ2) is 6.87. The van der Waals surface area contributed by atoms with Crippen LogP contribution in [0.2, 0.25) is 0 Å². The van der Waals surface area contributed by atoms with E-state index in [0.717, 1.165) is 17.3 Å². The first kappa shape index (κ1) is 18.1. The molecule has 0 aliphatic heterocycles. The van der Waals surface area contributed by atoms with E-state index in [4.69, 9.17) is 0 Å². The lowest BCUT2D eigenvalue weighted by molar-refractivity contribution is 0.0940. The van der Waals surface area contributed by atoms with Crippen molar-refractivity contribution in [1.82, 2.24) is 20.3 Å². The summed E-state index contributed by atoms with van der Waals surface area (Å²) in [5.74, 6) is -0.224. The summed E-state index contributed by atoms with van der Waals surface area (Å²) in [4.78, 5) is 12.8. The Labute approximate surface area is 151 Å². The lowest BCUT2D eigenvalue weighted by Gasteiger charge is -2.15. The molecule has 0 saturated heterocycles. The second-order valence-electron chi connectivity index (χ2n) is 6.15. The maximum atomic E-state index is 12.5. The van der Waals surface area contributed by atoms with Crippen LogP contribution < -0.4 is 5.32 Å². The normalized spacial score (nSPS) is 12.9. The molecule has 1 aromatic heterocycles. The molecule has 3 rings (SSSR count). The van der Waals surface area contributed by atoms with E-state index in [1.807, 2.05) is 19.9 Å². The third kappa shape index (κ3) is 3.60. The van der Waals surface area contributed by atoms with Crippen LogP contribution in [0.4, 0.5) is 0 Å². The summed E-state index contributed by atoms with van der Waals surface area (Å²) in [6.07, 6.45) is 1.16. The molecular weight excluding hydrogens is 352 g/mol. The highest BCUT2D eigenvalue weighted by Crippen LogP contribution is 2.18. The number of fused-ring (bicyclic) bond motifs is 1. The number of aryl methyl sites for hydroxylation is 1. The first-order chi connectivity index (χ1) is 12.3. The number of sulfone groups is 1. The maximum Gasteiger partial charge on any atom is 0.251 e. The third-order valence-corrected chi connectivity index (χ3v) is 5.36.